The fraction of sp³-hybridized carbons (Fsp3) is 0.929. The average molecular weight is 255 g/mol. The van der Waals surface area contributed by atoms with Crippen LogP contribution in [0.4, 0.5) is 4.79 Å². The van der Waals surface area contributed by atoms with E-state index < -0.39 is 5.60 Å². The SMILES string of the molecule is CCO[C@@H]1C[C@@H]2C[C@H]1[C@@H](C)N2C(=O)OC(C)(C)C. The molecular formula is C14H25NO3. The first kappa shape index (κ1) is 13.7. The number of amides is 1. The van der Waals surface area contributed by atoms with Crippen LogP contribution in [0.1, 0.15) is 47.5 Å². The first-order valence-electron chi connectivity index (χ1n) is 6.96. The van der Waals surface area contributed by atoms with Gasteiger partial charge >= 0.3 is 6.09 Å². The molecule has 0 N–H and O–H groups in total. The van der Waals surface area contributed by atoms with Crippen LogP contribution in [0.2, 0.25) is 0 Å². The predicted molar refractivity (Wildman–Crippen MR) is 69.5 cm³/mol. The van der Waals surface area contributed by atoms with Crippen LogP contribution in [-0.2, 0) is 9.47 Å². The lowest BCUT2D eigenvalue weighted by Gasteiger charge is -2.37. The highest BCUT2D eigenvalue weighted by Crippen LogP contribution is 2.44. The molecule has 2 aliphatic rings. The van der Waals surface area contributed by atoms with Crippen LogP contribution >= 0.6 is 0 Å². The monoisotopic (exact) mass is 255 g/mol. The molecule has 0 unspecified atom stereocenters. The topological polar surface area (TPSA) is 38.8 Å². The number of piperidine rings is 1. The minimum atomic E-state index is -0.419. The molecule has 4 nitrogen and oxygen atoms in total. The van der Waals surface area contributed by atoms with E-state index in [1.807, 2.05) is 32.6 Å². The van der Waals surface area contributed by atoms with Crippen LogP contribution in [0.25, 0.3) is 0 Å². The minimum absolute atomic E-state index is 0.169. The van der Waals surface area contributed by atoms with Crippen molar-refractivity contribution in [3.8, 4) is 0 Å². The number of hydrogen-bond acceptors (Lipinski definition) is 3. The molecule has 1 heterocycles. The maximum absolute atomic E-state index is 12.2. The molecule has 2 fully saturated rings. The van der Waals surface area contributed by atoms with Gasteiger partial charge in [-0.1, -0.05) is 0 Å². The zero-order valence-electron chi connectivity index (χ0n) is 12.1. The van der Waals surface area contributed by atoms with E-state index in [1.165, 1.54) is 0 Å². The third kappa shape index (κ3) is 2.48. The molecule has 2 bridgehead atoms. The molecule has 18 heavy (non-hydrogen) atoms. The molecule has 1 aliphatic heterocycles. The molecule has 0 aromatic rings. The van der Waals surface area contributed by atoms with E-state index in [0.717, 1.165) is 19.4 Å². The van der Waals surface area contributed by atoms with Gasteiger partial charge in [-0.2, -0.15) is 0 Å². The number of likely N-dealkylation sites (tertiary alicyclic amines) is 1. The Balaban J connectivity index is 2.00. The van der Waals surface area contributed by atoms with Gasteiger partial charge in [0, 0.05) is 24.6 Å². The summed E-state index contributed by atoms with van der Waals surface area (Å²) in [5.74, 6) is 0.475. The van der Waals surface area contributed by atoms with E-state index in [2.05, 4.69) is 6.92 Å². The zero-order valence-corrected chi connectivity index (χ0v) is 12.1. The van der Waals surface area contributed by atoms with Crippen molar-refractivity contribution in [2.24, 2.45) is 5.92 Å². The van der Waals surface area contributed by atoms with Gasteiger partial charge in [0.05, 0.1) is 6.10 Å². The van der Waals surface area contributed by atoms with Crippen molar-refractivity contribution in [3.63, 3.8) is 0 Å². The quantitative estimate of drug-likeness (QED) is 0.761. The second kappa shape index (κ2) is 4.72. The van der Waals surface area contributed by atoms with Gasteiger partial charge < -0.3 is 14.4 Å². The van der Waals surface area contributed by atoms with Crippen molar-refractivity contribution < 1.29 is 14.3 Å². The number of carbonyl (C=O) groups excluding carboxylic acids is 1. The lowest BCUT2D eigenvalue weighted by Crippen LogP contribution is -2.49. The van der Waals surface area contributed by atoms with Crippen LogP contribution < -0.4 is 0 Å². The molecule has 104 valence electrons. The number of hydrogen-bond donors (Lipinski definition) is 0. The highest BCUT2D eigenvalue weighted by molar-refractivity contribution is 5.69. The first-order chi connectivity index (χ1) is 8.33. The Morgan fingerprint density at radius 2 is 2.00 bits per heavy atom. The van der Waals surface area contributed by atoms with Gasteiger partial charge in [-0.15, -0.1) is 0 Å². The van der Waals surface area contributed by atoms with Gasteiger partial charge in [-0.05, 0) is 47.5 Å². The highest BCUT2D eigenvalue weighted by atomic mass is 16.6. The van der Waals surface area contributed by atoms with Gasteiger partial charge in [-0.3, -0.25) is 0 Å². The fourth-order valence-corrected chi connectivity index (χ4v) is 3.31. The molecule has 1 saturated heterocycles. The van der Waals surface area contributed by atoms with Gasteiger partial charge in [-0.25, -0.2) is 4.79 Å². The van der Waals surface area contributed by atoms with E-state index in [4.69, 9.17) is 9.47 Å². The Morgan fingerprint density at radius 1 is 1.33 bits per heavy atom. The van der Waals surface area contributed by atoms with Crippen molar-refractivity contribution >= 4 is 6.09 Å². The summed E-state index contributed by atoms with van der Waals surface area (Å²) in [6.07, 6.45) is 2.18. The largest absolute Gasteiger partial charge is 0.444 e. The summed E-state index contributed by atoms with van der Waals surface area (Å²) in [5, 5.41) is 0. The second-order valence-corrected chi connectivity index (χ2v) is 6.41. The Hall–Kier alpha value is -0.770. The Morgan fingerprint density at radius 3 is 2.50 bits per heavy atom. The molecule has 1 saturated carbocycles. The van der Waals surface area contributed by atoms with Crippen molar-refractivity contribution in [1.82, 2.24) is 4.90 Å². The third-order valence-corrected chi connectivity index (χ3v) is 3.96. The minimum Gasteiger partial charge on any atom is -0.444 e. The van der Waals surface area contributed by atoms with Crippen molar-refractivity contribution in [2.75, 3.05) is 6.61 Å². The molecule has 0 spiro atoms. The van der Waals surface area contributed by atoms with Gasteiger partial charge in [0.2, 0.25) is 0 Å². The summed E-state index contributed by atoms with van der Waals surface area (Å²) in [6.45, 7) is 10.6. The van der Waals surface area contributed by atoms with E-state index in [1.54, 1.807) is 0 Å². The molecule has 1 aliphatic carbocycles. The van der Waals surface area contributed by atoms with Gasteiger partial charge in [0.25, 0.3) is 0 Å². The zero-order chi connectivity index (χ0) is 13.5. The summed E-state index contributed by atoms with van der Waals surface area (Å²) in [7, 11) is 0. The lowest BCUT2D eigenvalue weighted by atomic mass is 9.97. The van der Waals surface area contributed by atoms with Crippen LogP contribution in [0.15, 0.2) is 0 Å². The molecule has 0 aromatic heterocycles. The number of nitrogens with zero attached hydrogens (tertiary/aromatic N) is 1. The van der Waals surface area contributed by atoms with Gasteiger partial charge in [0.1, 0.15) is 5.60 Å². The normalized spacial score (nSPS) is 35.1. The third-order valence-electron chi connectivity index (χ3n) is 3.96. The van der Waals surface area contributed by atoms with E-state index in [9.17, 15) is 4.79 Å². The molecular weight excluding hydrogens is 230 g/mol. The fourth-order valence-electron chi connectivity index (χ4n) is 3.31. The molecule has 1 amide bonds. The van der Waals surface area contributed by atoms with Crippen LogP contribution in [0.3, 0.4) is 0 Å². The summed E-state index contributed by atoms with van der Waals surface area (Å²) < 4.78 is 11.2. The highest BCUT2D eigenvalue weighted by Gasteiger charge is 2.52. The molecule has 0 radical (unpaired) electrons. The molecule has 0 aromatic carbocycles. The van der Waals surface area contributed by atoms with Crippen molar-refractivity contribution in [1.29, 1.82) is 0 Å². The molecule has 2 rings (SSSR count). The average Bonchev–Trinajstić information content (AvgIpc) is 2.72. The molecule has 4 atom stereocenters. The second-order valence-electron chi connectivity index (χ2n) is 6.41. The summed E-state index contributed by atoms with van der Waals surface area (Å²) in [5.41, 5.74) is -0.419. The first-order valence-corrected chi connectivity index (χ1v) is 6.96. The molecule has 4 heteroatoms. The maximum Gasteiger partial charge on any atom is 0.410 e. The van der Waals surface area contributed by atoms with Crippen LogP contribution in [0.5, 0.6) is 0 Å². The van der Waals surface area contributed by atoms with Crippen molar-refractivity contribution in [2.45, 2.75) is 71.2 Å². The number of carbonyl (C=O) groups is 1. The van der Waals surface area contributed by atoms with Crippen LogP contribution in [-0.4, -0.2) is 41.4 Å². The summed E-state index contributed by atoms with van der Waals surface area (Å²) in [4.78, 5) is 14.1. The van der Waals surface area contributed by atoms with Gasteiger partial charge in [0.15, 0.2) is 0 Å². The van der Waals surface area contributed by atoms with Crippen LogP contribution in [0, 0.1) is 5.92 Å². The summed E-state index contributed by atoms with van der Waals surface area (Å²) in [6, 6.07) is 0.534. The Kier molecular flexibility index (Phi) is 3.58. The number of rotatable bonds is 2. The predicted octanol–water partition coefficient (Wildman–Crippen LogP) is 2.81. The van der Waals surface area contributed by atoms with E-state index >= 15 is 0 Å². The van der Waals surface area contributed by atoms with Crippen molar-refractivity contribution in [3.05, 3.63) is 0 Å². The van der Waals surface area contributed by atoms with E-state index in [-0.39, 0.29) is 12.1 Å². The Labute approximate surface area is 110 Å². The Bertz CT molecular complexity index is 321. The summed E-state index contributed by atoms with van der Waals surface area (Å²) >= 11 is 0. The smallest absolute Gasteiger partial charge is 0.410 e. The maximum atomic E-state index is 12.2. The standard InChI is InChI=1S/C14H25NO3/c1-6-17-12-8-10-7-11(12)9(2)15(10)13(16)18-14(3,4)5/h9-12H,6-8H2,1-5H3/t9-,10+,11+,12-/m1/s1. The van der Waals surface area contributed by atoms with E-state index in [0.29, 0.717) is 18.1 Å². The number of ether oxygens (including phenoxy) is 2. The lowest BCUT2D eigenvalue weighted by molar-refractivity contribution is -0.0294. The number of fused-ring (bicyclic) bond motifs is 2.